The molecule has 0 bridgehead atoms. The zero-order valence-electron chi connectivity index (χ0n) is 11.2. The predicted molar refractivity (Wildman–Crippen MR) is 72.6 cm³/mol. The predicted octanol–water partition coefficient (Wildman–Crippen LogP) is 1.60. The highest BCUT2D eigenvalue weighted by Gasteiger charge is 2.26. The number of halogens is 1. The van der Waals surface area contributed by atoms with Crippen molar-refractivity contribution in [2.45, 2.75) is 25.3 Å². The molecule has 1 fully saturated rings. The Morgan fingerprint density at radius 1 is 1.35 bits per heavy atom. The fourth-order valence-corrected chi connectivity index (χ4v) is 2.91. The first-order valence-corrected chi connectivity index (χ1v) is 7.00. The van der Waals surface area contributed by atoms with Crippen molar-refractivity contribution in [2.24, 2.45) is 5.92 Å². The Balaban J connectivity index is 1.83. The van der Waals surface area contributed by atoms with Gasteiger partial charge in [-0.3, -0.25) is 0 Å². The summed E-state index contributed by atoms with van der Waals surface area (Å²) in [6.07, 6.45) is 3.79. The summed E-state index contributed by atoms with van der Waals surface area (Å²) < 4.78 is 13.1. The summed E-state index contributed by atoms with van der Waals surface area (Å²) in [4.78, 5) is 1.61. The van der Waals surface area contributed by atoms with Gasteiger partial charge in [0.1, 0.15) is 5.82 Å². The Labute approximate surface area is 117 Å². The van der Waals surface area contributed by atoms with Crippen molar-refractivity contribution in [3.63, 3.8) is 0 Å². The maximum Gasteiger partial charge on any atom is 0.162 e. The van der Waals surface area contributed by atoms with Gasteiger partial charge in [-0.05, 0) is 54.8 Å². The van der Waals surface area contributed by atoms with Gasteiger partial charge in [0.05, 0.1) is 6.54 Å². The third-order valence-corrected chi connectivity index (χ3v) is 3.95. The third kappa shape index (κ3) is 3.01. The van der Waals surface area contributed by atoms with Crippen molar-refractivity contribution in [3.8, 4) is 0 Å². The lowest BCUT2D eigenvalue weighted by molar-refractivity contribution is 0.283. The van der Waals surface area contributed by atoms with Crippen LogP contribution in [0.2, 0.25) is 0 Å². The quantitative estimate of drug-likeness (QED) is 0.920. The van der Waals surface area contributed by atoms with E-state index in [9.17, 15) is 4.39 Å². The van der Waals surface area contributed by atoms with E-state index >= 15 is 0 Å². The molecule has 2 atom stereocenters. The highest BCUT2D eigenvalue weighted by molar-refractivity contribution is 5.21. The molecule has 1 N–H and O–H groups in total. The topological polar surface area (TPSA) is 55.6 Å². The fraction of sp³-hybridized carbons (Fsp3) is 0.500. The van der Waals surface area contributed by atoms with E-state index < -0.39 is 0 Å². The summed E-state index contributed by atoms with van der Waals surface area (Å²) in [6, 6.07) is 6.78. The highest BCUT2D eigenvalue weighted by Crippen LogP contribution is 2.30. The second-order valence-electron chi connectivity index (χ2n) is 5.26. The summed E-state index contributed by atoms with van der Waals surface area (Å²) in [5.41, 5.74) is 1.14. The van der Waals surface area contributed by atoms with Gasteiger partial charge in [0.25, 0.3) is 0 Å². The summed E-state index contributed by atoms with van der Waals surface area (Å²) >= 11 is 0. The molecule has 20 heavy (non-hydrogen) atoms. The summed E-state index contributed by atoms with van der Waals surface area (Å²) in [5, 5.41) is 15.2. The molecule has 6 heteroatoms. The van der Waals surface area contributed by atoms with Crippen LogP contribution in [-0.4, -0.2) is 33.3 Å². The van der Waals surface area contributed by atoms with Crippen LogP contribution in [0.1, 0.15) is 24.3 Å². The number of piperidine rings is 1. The molecule has 0 radical (unpaired) electrons. The van der Waals surface area contributed by atoms with E-state index in [4.69, 9.17) is 0 Å². The van der Waals surface area contributed by atoms with E-state index in [0.717, 1.165) is 18.7 Å². The number of aromatic nitrogens is 4. The van der Waals surface area contributed by atoms with Crippen molar-refractivity contribution < 1.29 is 4.39 Å². The number of nitrogens with one attached hydrogen (secondary N) is 1. The maximum absolute atomic E-state index is 13.1. The van der Waals surface area contributed by atoms with Crippen LogP contribution in [0.15, 0.2) is 30.6 Å². The molecule has 0 spiro atoms. The molecule has 3 rings (SSSR count). The lowest BCUT2D eigenvalue weighted by Crippen LogP contribution is -2.35. The van der Waals surface area contributed by atoms with E-state index in [0.29, 0.717) is 12.5 Å². The van der Waals surface area contributed by atoms with Gasteiger partial charge in [-0.15, -0.1) is 10.2 Å². The smallest absolute Gasteiger partial charge is 0.162 e. The van der Waals surface area contributed by atoms with E-state index in [1.165, 1.54) is 31.3 Å². The maximum atomic E-state index is 13.1. The first-order chi connectivity index (χ1) is 9.83. The Bertz CT molecular complexity index is 519. The van der Waals surface area contributed by atoms with Crippen molar-refractivity contribution in [1.82, 2.24) is 25.5 Å². The molecule has 2 aromatic rings. The lowest BCUT2D eigenvalue weighted by Gasteiger charge is -2.30. The zero-order valence-corrected chi connectivity index (χ0v) is 11.2. The van der Waals surface area contributed by atoms with Crippen LogP contribution in [0.3, 0.4) is 0 Å². The number of rotatable bonds is 4. The summed E-state index contributed by atoms with van der Waals surface area (Å²) in [5.74, 6) is 0.589. The highest BCUT2D eigenvalue weighted by atomic mass is 19.1. The lowest BCUT2D eigenvalue weighted by atomic mass is 9.81. The SMILES string of the molecule is Fc1ccc(C(Cn2ncnn2)[C@H]2CCCNC2)cc1. The minimum atomic E-state index is -0.201. The van der Waals surface area contributed by atoms with E-state index in [1.54, 1.807) is 4.80 Å². The number of benzene rings is 1. The fourth-order valence-electron chi connectivity index (χ4n) is 2.91. The molecule has 1 aliphatic heterocycles. The zero-order chi connectivity index (χ0) is 13.8. The largest absolute Gasteiger partial charge is 0.316 e. The monoisotopic (exact) mass is 275 g/mol. The second-order valence-corrected chi connectivity index (χ2v) is 5.26. The molecule has 1 aromatic heterocycles. The molecule has 1 aromatic carbocycles. The van der Waals surface area contributed by atoms with E-state index in [2.05, 4.69) is 20.7 Å². The number of hydrogen-bond acceptors (Lipinski definition) is 4. The van der Waals surface area contributed by atoms with Crippen molar-refractivity contribution in [3.05, 3.63) is 42.0 Å². The Morgan fingerprint density at radius 2 is 2.20 bits per heavy atom. The summed E-state index contributed by atoms with van der Waals surface area (Å²) in [7, 11) is 0. The molecule has 1 unspecified atom stereocenters. The molecule has 0 saturated carbocycles. The number of hydrogen-bond donors (Lipinski definition) is 1. The van der Waals surface area contributed by atoms with Gasteiger partial charge < -0.3 is 5.32 Å². The average Bonchev–Trinajstić information content (AvgIpc) is 3.00. The molecule has 1 saturated heterocycles. The van der Waals surface area contributed by atoms with Crippen LogP contribution >= 0.6 is 0 Å². The molecular weight excluding hydrogens is 257 g/mol. The van der Waals surface area contributed by atoms with Crippen LogP contribution in [-0.2, 0) is 6.54 Å². The molecule has 106 valence electrons. The van der Waals surface area contributed by atoms with Gasteiger partial charge in [0.2, 0.25) is 0 Å². The Morgan fingerprint density at radius 3 is 2.85 bits per heavy atom. The standard InChI is InChI=1S/C14H18FN5/c15-13-5-3-11(4-6-13)14(9-20-18-10-17-19-20)12-2-1-7-16-8-12/h3-6,10,12,14,16H,1-2,7-9H2/t12-,14?/m0/s1. The number of tetrazole rings is 1. The van der Waals surface area contributed by atoms with Gasteiger partial charge >= 0.3 is 0 Å². The molecule has 1 aliphatic rings. The van der Waals surface area contributed by atoms with E-state index in [1.807, 2.05) is 12.1 Å². The van der Waals surface area contributed by atoms with Crippen molar-refractivity contribution >= 4 is 0 Å². The van der Waals surface area contributed by atoms with Gasteiger partial charge in [-0.25, -0.2) is 4.39 Å². The van der Waals surface area contributed by atoms with Crippen LogP contribution in [0.4, 0.5) is 4.39 Å². The van der Waals surface area contributed by atoms with Gasteiger partial charge in [0.15, 0.2) is 6.33 Å². The third-order valence-electron chi connectivity index (χ3n) is 3.95. The molecule has 0 amide bonds. The van der Waals surface area contributed by atoms with E-state index in [-0.39, 0.29) is 11.7 Å². The van der Waals surface area contributed by atoms with Crippen molar-refractivity contribution in [2.75, 3.05) is 13.1 Å². The first-order valence-electron chi connectivity index (χ1n) is 7.00. The van der Waals surface area contributed by atoms with Crippen LogP contribution in [0.25, 0.3) is 0 Å². The van der Waals surface area contributed by atoms with Gasteiger partial charge in [0, 0.05) is 5.92 Å². The van der Waals surface area contributed by atoms with Crippen molar-refractivity contribution in [1.29, 1.82) is 0 Å². The molecule has 0 aliphatic carbocycles. The number of nitrogens with zero attached hydrogens (tertiary/aromatic N) is 4. The molecule has 5 nitrogen and oxygen atoms in total. The molecule has 2 heterocycles. The minimum absolute atomic E-state index is 0.201. The van der Waals surface area contributed by atoms with Gasteiger partial charge in [-0.2, -0.15) is 4.80 Å². The first kappa shape index (κ1) is 13.2. The minimum Gasteiger partial charge on any atom is -0.316 e. The Hall–Kier alpha value is -1.82. The average molecular weight is 275 g/mol. The normalized spacial score (nSPS) is 20.8. The Kier molecular flexibility index (Phi) is 4.01. The summed E-state index contributed by atoms with van der Waals surface area (Å²) in [6.45, 7) is 2.74. The van der Waals surface area contributed by atoms with Crippen LogP contribution < -0.4 is 5.32 Å². The van der Waals surface area contributed by atoms with Crippen LogP contribution in [0.5, 0.6) is 0 Å². The molecular formula is C14H18FN5. The second kappa shape index (κ2) is 6.09. The van der Waals surface area contributed by atoms with Gasteiger partial charge in [-0.1, -0.05) is 12.1 Å². The van der Waals surface area contributed by atoms with Crippen LogP contribution in [0, 0.1) is 11.7 Å².